The number of halogens is 3. The Morgan fingerprint density at radius 1 is 1.17 bits per heavy atom. The molecule has 0 atom stereocenters. The number of piperazine rings is 1. The van der Waals surface area contributed by atoms with E-state index in [0.717, 1.165) is 36.9 Å². The topological polar surface area (TPSA) is 68.0 Å². The van der Waals surface area contributed by atoms with Crippen LogP contribution in [0, 0.1) is 0 Å². The van der Waals surface area contributed by atoms with E-state index >= 15 is 0 Å². The first-order chi connectivity index (χ1) is 13.9. The molecule has 154 valence electrons. The first kappa shape index (κ1) is 19.4. The molecule has 1 aromatic carbocycles. The highest BCUT2D eigenvalue weighted by molar-refractivity contribution is 5.77. The molecule has 1 aliphatic rings. The number of benzene rings is 1. The number of aromatic nitrogens is 4. The zero-order valence-electron chi connectivity index (χ0n) is 15.9. The van der Waals surface area contributed by atoms with Gasteiger partial charge in [0.05, 0.1) is 18.3 Å². The lowest BCUT2D eigenvalue weighted by Gasteiger charge is -2.28. The highest BCUT2D eigenvalue weighted by atomic mass is 19.4. The lowest BCUT2D eigenvalue weighted by atomic mass is 10.1. The molecule has 0 spiro atoms. The van der Waals surface area contributed by atoms with Gasteiger partial charge in [-0.15, -0.1) is 0 Å². The van der Waals surface area contributed by atoms with Crippen LogP contribution in [0.4, 0.5) is 19.1 Å². The maximum absolute atomic E-state index is 13.3. The van der Waals surface area contributed by atoms with Gasteiger partial charge in [0.2, 0.25) is 5.95 Å². The van der Waals surface area contributed by atoms with Crippen molar-refractivity contribution < 1.29 is 13.2 Å². The third-order valence-electron chi connectivity index (χ3n) is 5.09. The smallest absolute Gasteiger partial charge is 0.340 e. The Hall–Kier alpha value is -2.88. The van der Waals surface area contributed by atoms with Crippen molar-refractivity contribution in [2.24, 2.45) is 0 Å². The molecule has 0 amide bonds. The van der Waals surface area contributed by atoms with E-state index in [9.17, 15) is 18.0 Å². The van der Waals surface area contributed by atoms with Crippen LogP contribution in [-0.4, -0.2) is 45.5 Å². The quantitative estimate of drug-likeness (QED) is 0.719. The minimum Gasteiger partial charge on any atom is -0.340 e. The Bertz CT molecular complexity index is 1080. The Morgan fingerprint density at radius 3 is 2.59 bits per heavy atom. The summed E-state index contributed by atoms with van der Waals surface area (Å²) in [5, 5.41) is 7.36. The first-order valence-corrected chi connectivity index (χ1v) is 9.47. The fourth-order valence-electron chi connectivity index (χ4n) is 3.69. The number of nitrogens with one attached hydrogen (secondary N) is 1. The Kier molecular flexibility index (Phi) is 5.03. The molecular weight excluding hydrogens is 385 g/mol. The van der Waals surface area contributed by atoms with Gasteiger partial charge in [0.15, 0.2) is 0 Å². The second-order valence-corrected chi connectivity index (χ2v) is 6.89. The predicted octanol–water partition coefficient (Wildman–Crippen LogP) is 2.09. The minimum atomic E-state index is -4.50. The molecule has 1 aliphatic heterocycles. The van der Waals surface area contributed by atoms with E-state index in [1.807, 2.05) is 11.5 Å². The second-order valence-electron chi connectivity index (χ2n) is 6.89. The summed E-state index contributed by atoms with van der Waals surface area (Å²) in [6.45, 7) is 5.35. The lowest BCUT2D eigenvalue weighted by molar-refractivity contribution is -0.138. The van der Waals surface area contributed by atoms with E-state index in [4.69, 9.17) is 0 Å². The van der Waals surface area contributed by atoms with Crippen molar-refractivity contribution in [3.05, 3.63) is 51.9 Å². The average Bonchev–Trinajstić information content (AvgIpc) is 3.10. The van der Waals surface area contributed by atoms with Crippen LogP contribution in [0.5, 0.6) is 0 Å². The van der Waals surface area contributed by atoms with Crippen molar-refractivity contribution in [3.8, 4) is 0 Å². The van der Waals surface area contributed by atoms with E-state index in [1.165, 1.54) is 24.4 Å². The molecule has 4 rings (SSSR count). The Morgan fingerprint density at radius 2 is 1.90 bits per heavy atom. The van der Waals surface area contributed by atoms with Crippen LogP contribution >= 0.6 is 0 Å². The second kappa shape index (κ2) is 7.51. The van der Waals surface area contributed by atoms with Gasteiger partial charge in [0.25, 0.3) is 5.56 Å². The van der Waals surface area contributed by atoms with E-state index in [-0.39, 0.29) is 12.1 Å². The summed E-state index contributed by atoms with van der Waals surface area (Å²) in [5.41, 5.74) is -0.403. The molecule has 0 unspecified atom stereocenters. The molecule has 2 aromatic heterocycles. The van der Waals surface area contributed by atoms with Gasteiger partial charge in [0, 0.05) is 32.7 Å². The molecule has 10 heteroatoms. The van der Waals surface area contributed by atoms with Crippen molar-refractivity contribution >= 4 is 17.0 Å². The normalized spacial score (nSPS) is 15.2. The van der Waals surface area contributed by atoms with Crippen LogP contribution in [-0.2, 0) is 19.3 Å². The van der Waals surface area contributed by atoms with E-state index in [2.05, 4.69) is 20.3 Å². The lowest BCUT2D eigenvalue weighted by Crippen LogP contribution is -2.44. The van der Waals surface area contributed by atoms with E-state index in [1.54, 1.807) is 0 Å². The number of aryl methyl sites for hydroxylation is 1. The van der Waals surface area contributed by atoms with E-state index < -0.39 is 17.3 Å². The summed E-state index contributed by atoms with van der Waals surface area (Å²) in [5.74, 6) is 0.691. The molecule has 1 saturated heterocycles. The van der Waals surface area contributed by atoms with Crippen molar-refractivity contribution in [1.29, 1.82) is 0 Å². The minimum absolute atomic E-state index is 0.00107. The molecule has 7 nitrogen and oxygen atoms in total. The average molecular weight is 406 g/mol. The first-order valence-electron chi connectivity index (χ1n) is 9.47. The van der Waals surface area contributed by atoms with Gasteiger partial charge < -0.3 is 14.8 Å². The molecule has 3 aromatic rings. The number of rotatable bonds is 4. The van der Waals surface area contributed by atoms with Crippen LogP contribution in [0.15, 0.2) is 35.3 Å². The fourth-order valence-corrected chi connectivity index (χ4v) is 3.69. The van der Waals surface area contributed by atoms with Gasteiger partial charge in [-0.25, -0.2) is 9.67 Å². The van der Waals surface area contributed by atoms with Crippen LogP contribution in [0.3, 0.4) is 0 Å². The fraction of sp³-hybridized carbons (Fsp3) is 0.421. The zero-order chi connectivity index (χ0) is 20.6. The van der Waals surface area contributed by atoms with Crippen LogP contribution in [0.1, 0.15) is 18.1 Å². The molecule has 0 radical (unpaired) electrons. The van der Waals surface area contributed by atoms with Gasteiger partial charge in [-0.3, -0.25) is 4.79 Å². The Labute approximate surface area is 164 Å². The standard InChI is InChI=1S/C19H21F3N6O/c1-2-27-16-15(25-18(27)26-9-7-23-8-10-26)11-24-28(17(16)29)12-13-5-3-4-6-14(13)19(20,21)22/h3-6,11,23H,2,7-10,12H2,1H3. The zero-order valence-corrected chi connectivity index (χ0v) is 15.9. The number of alkyl halides is 3. The monoisotopic (exact) mass is 406 g/mol. The molecule has 1 fully saturated rings. The van der Waals surface area contributed by atoms with Crippen LogP contribution < -0.4 is 15.8 Å². The molecule has 0 aliphatic carbocycles. The summed E-state index contributed by atoms with van der Waals surface area (Å²) >= 11 is 0. The number of hydrogen-bond acceptors (Lipinski definition) is 5. The van der Waals surface area contributed by atoms with Crippen LogP contribution in [0.2, 0.25) is 0 Å². The molecule has 0 bridgehead atoms. The highest BCUT2D eigenvalue weighted by Crippen LogP contribution is 2.32. The van der Waals surface area contributed by atoms with Crippen molar-refractivity contribution in [2.45, 2.75) is 26.2 Å². The number of imidazole rings is 1. The van der Waals surface area contributed by atoms with Crippen LogP contribution in [0.25, 0.3) is 11.0 Å². The van der Waals surface area contributed by atoms with Gasteiger partial charge in [-0.05, 0) is 18.6 Å². The molecule has 0 saturated carbocycles. The largest absolute Gasteiger partial charge is 0.416 e. The highest BCUT2D eigenvalue weighted by Gasteiger charge is 2.33. The molecular formula is C19H21F3N6O. The molecule has 3 heterocycles. The maximum atomic E-state index is 13.3. The summed E-state index contributed by atoms with van der Waals surface area (Å²) in [6.07, 6.45) is -3.05. The number of hydrogen-bond donors (Lipinski definition) is 1. The third-order valence-corrected chi connectivity index (χ3v) is 5.09. The summed E-state index contributed by atoms with van der Waals surface area (Å²) < 4.78 is 42.8. The number of anilines is 1. The van der Waals surface area contributed by atoms with Crippen molar-refractivity contribution in [3.63, 3.8) is 0 Å². The van der Waals surface area contributed by atoms with E-state index in [0.29, 0.717) is 23.5 Å². The molecule has 29 heavy (non-hydrogen) atoms. The van der Waals surface area contributed by atoms with Gasteiger partial charge in [-0.2, -0.15) is 18.3 Å². The van der Waals surface area contributed by atoms with Crippen molar-refractivity contribution in [2.75, 3.05) is 31.1 Å². The maximum Gasteiger partial charge on any atom is 0.416 e. The summed E-state index contributed by atoms with van der Waals surface area (Å²) in [7, 11) is 0. The van der Waals surface area contributed by atoms with Gasteiger partial charge in [-0.1, -0.05) is 18.2 Å². The number of nitrogens with zero attached hydrogens (tertiary/aromatic N) is 5. The predicted molar refractivity (Wildman–Crippen MR) is 103 cm³/mol. The SMILES string of the molecule is CCn1c(N2CCNCC2)nc2cnn(Cc3ccccc3C(F)(F)F)c(=O)c21. The van der Waals surface area contributed by atoms with Crippen molar-refractivity contribution in [1.82, 2.24) is 24.6 Å². The number of fused-ring (bicyclic) bond motifs is 1. The third kappa shape index (κ3) is 3.59. The summed E-state index contributed by atoms with van der Waals surface area (Å²) in [4.78, 5) is 19.8. The van der Waals surface area contributed by atoms with Gasteiger partial charge >= 0.3 is 6.18 Å². The molecule has 1 N–H and O–H groups in total. The Balaban J connectivity index is 1.78. The van der Waals surface area contributed by atoms with Gasteiger partial charge in [0.1, 0.15) is 11.0 Å². The summed E-state index contributed by atoms with van der Waals surface area (Å²) in [6, 6.07) is 5.23.